The number of nitrogens with two attached hydrogens (primary N) is 1. The molecule has 0 saturated heterocycles. The summed E-state index contributed by atoms with van der Waals surface area (Å²) in [5, 5.41) is 6.80. The van der Waals surface area contributed by atoms with Crippen LogP contribution in [-0.4, -0.2) is 9.78 Å². The molecule has 0 aliphatic heterocycles. The molecule has 1 aliphatic carbocycles. The van der Waals surface area contributed by atoms with Gasteiger partial charge in [0.25, 0.3) is 0 Å². The van der Waals surface area contributed by atoms with Crippen molar-refractivity contribution < 1.29 is 0 Å². The van der Waals surface area contributed by atoms with Gasteiger partial charge in [0.05, 0.1) is 17.8 Å². The van der Waals surface area contributed by atoms with Gasteiger partial charge in [-0.05, 0) is 46.3 Å². The van der Waals surface area contributed by atoms with Crippen LogP contribution < -0.4 is 11.3 Å². The Morgan fingerprint density at radius 1 is 1.45 bits per heavy atom. The summed E-state index contributed by atoms with van der Waals surface area (Å²) in [6, 6.07) is 4.88. The number of halogens is 1. The van der Waals surface area contributed by atoms with E-state index in [-0.39, 0.29) is 6.04 Å². The summed E-state index contributed by atoms with van der Waals surface area (Å²) in [6.07, 6.45) is 8.11. The first-order chi connectivity index (χ1) is 9.78. The van der Waals surface area contributed by atoms with Crippen LogP contribution in [0.5, 0.6) is 0 Å². The van der Waals surface area contributed by atoms with Crippen molar-refractivity contribution in [3.05, 3.63) is 38.8 Å². The minimum atomic E-state index is 0.108. The number of rotatable bonds is 5. The molecule has 1 fully saturated rings. The molecule has 6 heteroatoms. The molecule has 2 aromatic heterocycles. The first kappa shape index (κ1) is 14.3. The van der Waals surface area contributed by atoms with Crippen molar-refractivity contribution in [1.29, 1.82) is 0 Å². The Balaban J connectivity index is 1.71. The van der Waals surface area contributed by atoms with E-state index >= 15 is 0 Å². The van der Waals surface area contributed by atoms with Crippen LogP contribution in [0, 0.1) is 0 Å². The molecule has 108 valence electrons. The first-order valence-electron chi connectivity index (χ1n) is 7.01. The second-order valence-corrected chi connectivity index (χ2v) is 7.08. The van der Waals surface area contributed by atoms with E-state index in [1.807, 2.05) is 0 Å². The molecule has 1 aliphatic rings. The fourth-order valence-electron chi connectivity index (χ4n) is 2.85. The highest BCUT2D eigenvalue weighted by atomic mass is 79.9. The van der Waals surface area contributed by atoms with Gasteiger partial charge in [0.2, 0.25) is 0 Å². The molecule has 0 bridgehead atoms. The average molecular weight is 355 g/mol. The zero-order valence-electron chi connectivity index (χ0n) is 11.3. The Kier molecular flexibility index (Phi) is 4.55. The van der Waals surface area contributed by atoms with Gasteiger partial charge in [0.15, 0.2) is 0 Å². The topological polar surface area (TPSA) is 55.9 Å². The Morgan fingerprint density at radius 2 is 2.25 bits per heavy atom. The lowest BCUT2D eigenvalue weighted by Crippen LogP contribution is -2.29. The van der Waals surface area contributed by atoms with Crippen molar-refractivity contribution in [2.24, 2.45) is 5.84 Å². The summed E-state index contributed by atoms with van der Waals surface area (Å²) in [5.41, 5.74) is 4.00. The van der Waals surface area contributed by atoms with Crippen LogP contribution >= 0.6 is 27.3 Å². The second kappa shape index (κ2) is 6.39. The molecule has 4 nitrogen and oxygen atoms in total. The van der Waals surface area contributed by atoms with E-state index in [1.165, 1.54) is 30.6 Å². The van der Waals surface area contributed by atoms with Crippen molar-refractivity contribution in [2.45, 2.75) is 44.2 Å². The van der Waals surface area contributed by atoms with Crippen LogP contribution in [0.2, 0.25) is 0 Å². The smallest absolute Gasteiger partial charge is 0.0644 e. The van der Waals surface area contributed by atoms with Crippen molar-refractivity contribution in [3.63, 3.8) is 0 Å². The molecule has 0 amide bonds. The van der Waals surface area contributed by atoms with E-state index in [1.54, 1.807) is 11.3 Å². The average Bonchev–Trinajstić information content (AvgIpc) is 3.17. The van der Waals surface area contributed by atoms with Gasteiger partial charge in [-0.15, -0.1) is 11.3 Å². The Hall–Kier alpha value is -0.690. The molecular weight excluding hydrogens is 336 g/mol. The zero-order chi connectivity index (χ0) is 13.9. The molecule has 0 radical (unpaired) electrons. The van der Waals surface area contributed by atoms with Gasteiger partial charge in [0.1, 0.15) is 0 Å². The van der Waals surface area contributed by atoms with Crippen molar-refractivity contribution in [3.8, 4) is 0 Å². The minimum absolute atomic E-state index is 0.108. The Bertz CT molecular complexity index is 559. The highest BCUT2D eigenvalue weighted by Gasteiger charge is 2.20. The fourth-order valence-corrected chi connectivity index (χ4v) is 4.56. The van der Waals surface area contributed by atoms with E-state index in [4.69, 9.17) is 10.9 Å². The standard InChI is InChI=1S/C14H19BrN4S/c15-12-6-8-20-14(12)13(17-16)9-10-5-7-19(18-10)11-3-1-2-4-11/h5-8,11,13,17H,1-4,9,16H2. The molecule has 1 saturated carbocycles. The van der Waals surface area contributed by atoms with Gasteiger partial charge >= 0.3 is 0 Å². The van der Waals surface area contributed by atoms with Gasteiger partial charge < -0.3 is 0 Å². The van der Waals surface area contributed by atoms with Crippen LogP contribution in [0.15, 0.2) is 28.2 Å². The zero-order valence-corrected chi connectivity index (χ0v) is 13.7. The summed E-state index contributed by atoms with van der Waals surface area (Å²) >= 11 is 5.28. The largest absolute Gasteiger partial charge is 0.271 e. The van der Waals surface area contributed by atoms with Crippen LogP contribution in [0.1, 0.15) is 48.3 Å². The lowest BCUT2D eigenvalue weighted by atomic mass is 10.1. The van der Waals surface area contributed by atoms with Gasteiger partial charge in [-0.3, -0.25) is 16.0 Å². The van der Waals surface area contributed by atoms with Crippen LogP contribution in [0.4, 0.5) is 0 Å². The highest BCUT2D eigenvalue weighted by Crippen LogP contribution is 2.31. The van der Waals surface area contributed by atoms with E-state index in [9.17, 15) is 0 Å². The minimum Gasteiger partial charge on any atom is -0.271 e. The predicted octanol–water partition coefficient (Wildman–Crippen LogP) is 3.57. The maximum Gasteiger partial charge on any atom is 0.0644 e. The van der Waals surface area contributed by atoms with E-state index in [0.29, 0.717) is 6.04 Å². The second-order valence-electron chi connectivity index (χ2n) is 5.28. The third-order valence-electron chi connectivity index (χ3n) is 3.94. The number of hydrazine groups is 1. The Labute approximate surface area is 131 Å². The summed E-state index contributed by atoms with van der Waals surface area (Å²) in [7, 11) is 0. The first-order valence-corrected chi connectivity index (χ1v) is 8.68. The van der Waals surface area contributed by atoms with Crippen LogP contribution in [-0.2, 0) is 6.42 Å². The van der Waals surface area contributed by atoms with E-state index in [0.717, 1.165) is 16.6 Å². The van der Waals surface area contributed by atoms with Crippen molar-refractivity contribution in [1.82, 2.24) is 15.2 Å². The number of hydrogen-bond acceptors (Lipinski definition) is 4. The molecule has 1 atom stereocenters. The molecule has 0 aromatic carbocycles. The molecule has 20 heavy (non-hydrogen) atoms. The van der Waals surface area contributed by atoms with Gasteiger partial charge in [0, 0.05) is 22.0 Å². The molecule has 1 unspecified atom stereocenters. The monoisotopic (exact) mass is 354 g/mol. The number of thiophene rings is 1. The normalized spacial score (nSPS) is 17.7. The summed E-state index contributed by atoms with van der Waals surface area (Å²) in [4.78, 5) is 1.22. The quantitative estimate of drug-likeness (QED) is 0.637. The maximum absolute atomic E-state index is 5.71. The van der Waals surface area contributed by atoms with Crippen LogP contribution in [0.25, 0.3) is 0 Å². The van der Waals surface area contributed by atoms with Crippen LogP contribution in [0.3, 0.4) is 0 Å². The molecule has 3 rings (SSSR count). The third kappa shape index (κ3) is 2.98. The molecule has 2 aromatic rings. The highest BCUT2D eigenvalue weighted by molar-refractivity contribution is 9.10. The SMILES string of the molecule is NNC(Cc1ccn(C2CCCC2)n1)c1sccc1Br. The van der Waals surface area contributed by atoms with Crippen molar-refractivity contribution >= 4 is 27.3 Å². The number of nitrogens with one attached hydrogen (secondary N) is 1. The lowest BCUT2D eigenvalue weighted by Gasteiger charge is -2.14. The van der Waals surface area contributed by atoms with E-state index < -0.39 is 0 Å². The molecule has 0 spiro atoms. The molecule has 3 N–H and O–H groups in total. The number of nitrogens with zero attached hydrogens (tertiary/aromatic N) is 2. The van der Waals surface area contributed by atoms with Crippen molar-refractivity contribution in [2.75, 3.05) is 0 Å². The summed E-state index contributed by atoms with van der Waals surface area (Å²) in [6.45, 7) is 0. The van der Waals surface area contributed by atoms with Gasteiger partial charge in [-0.2, -0.15) is 5.10 Å². The lowest BCUT2D eigenvalue weighted by molar-refractivity contribution is 0.458. The predicted molar refractivity (Wildman–Crippen MR) is 85.5 cm³/mol. The molecular formula is C14H19BrN4S. The van der Waals surface area contributed by atoms with Gasteiger partial charge in [-0.1, -0.05) is 12.8 Å². The summed E-state index contributed by atoms with van der Waals surface area (Å²) < 4.78 is 3.25. The maximum atomic E-state index is 5.71. The number of aromatic nitrogens is 2. The van der Waals surface area contributed by atoms with Gasteiger partial charge in [-0.25, -0.2) is 0 Å². The van der Waals surface area contributed by atoms with E-state index in [2.05, 4.69) is 49.7 Å². The third-order valence-corrected chi connectivity index (χ3v) is 5.92. The molecule has 2 heterocycles. The Morgan fingerprint density at radius 3 is 2.90 bits per heavy atom. The summed E-state index contributed by atoms with van der Waals surface area (Å²) in [5.74, 6) is 5.71. The fraction of sp³-hybridized carbons (Fsp3) is 0.500. The number of hydrogen-bond donors (Lipinski definition) is 2.